The number of allylic oxidation sites excluding steroid dienone is 4. The van der Waals surface area contributed by atoms with Crippen LogP contribution in [0, 0.1) is 11.7 Å². The summed E-state index contributed by atoms with van der Waals surface area (Å²) in [6, 6.07) is 5.05. The number of carbonyl (C=O) groups excluding carboxylic acids is 1. The van der Waals surface area contributed by atoms with Crippen LogP contribution in [-0.4, -0.2) is 59.8 Å². The molecule has 0 spiro atoms. The molecule has 1 fully saturated rings. The highest BCUT2D eigenvalue weighted by molar-refractivity contribution is 5.75. The van der Waals surface area contributed by atoms with E-state index < -0.39 is 18.1 Å². The lowest BCUT2D eigenvalue weighted by Gasteiger charge is -2.37. The average molecular weight is 418 g/mol. The molecule has 0 radical (unpaired) electrons. The molecule has 2 rings (SSSR count). The zero-order valence-corrected chi connectivity index (χ0v) is 17.4. The van der Waals surface area contributed by atoms with Gasteiger partial charge in [-0.3, -0.25) is 4.90 Å². The molecule has 1 aliphatic heterocycles. The summed E-state index contributed by atoms with van der Waals surface area (Å²) in [6.45, 7) is 9.84. The predicted molar refractivity (Wildman–Crippen MR) is 116 cm³/mol. The van der Waals surface area contributed by atoms with E-state index in [1.165, 1.54) is 6.07 Å². The number of aliphatic hydroxyl groups is 2. The van der Waals surface area contributed by atoms with Crippen molar-refractivity contribution in [1.29, 1.82) is 0 Å². The number of benzene rings is 1. The van der Waals surface area contributed by atoms with Gasteiger partial charge in [0.25, 0.3) is 0 Å². The minimum Gasteiger partial charge on any atom is -0.391 e. The first-order valence-corrected chi connectivity index (χ1v) is 10.4. The Bertz CT molecular complexity index is 737. The van der Waals surface area contributed by atoms with Crippen molar-refractivity contribution in [2.75, 3.05) is 26.2 Å². The van der Waals surface area contributed by atoms with Crippen LogP contribution >= 0.6 is 0 Å². The monoisotopic (exact) mass is 417 g/mol. The van der Waals surface area contributed by atoms with Gasteiger partial charge < -0.3 is 19.7 Å². The van der Waals surface area contributed by atoms with Gasteiger partial charge >= 0.3 is 0 Å². The van der Waals surface area contributed by atoms with Crippen LogP contribution in [0.3, 0.4) is 0 Å². The Balaban J connectivity index is 1.65. The molecular formula is C24H32FNO4. The van der Waals surface area contributed by atoms with E-state index in [-0.39, 0.29) is 5.82 Å². The van der Waals surface area contributed by atoms with Crippen molar-refractivity contribution in [2.45, 2.75) is 38.1 Å². The van der Waals surface area contributed by atoms with Crippen LogP contribution in [0.15, 0.2) is 49.6 Å². The highest BCUT2D eigenvalue weighted by Crippen LogP contribution is 2.21. The van der Waals surface area contributed by atoms with Gasteiger partial charge in [0.15, 0.2) is 0 Å². The van der Waals surface area contributed by atoms with Gasteiger partial charge in [-0.1, -0.05) is 43.5 Å². The number of β-amino-alcohol motifs (C(OH)–C–C–N with tert-alkyl or cyclic N) is 2. The Hall–Kier alpha value is -2.12. The Morgan fingerprint density at radius 2 is 1.93 bits per heavy atom. The summed E-state index contributed by atoms with van der Waals surface area (Å²) in [4.78, 5) is 12.9. The molecule has 0 aromatic heterocycles. The van der Waals surface area contributed by atoms with E-state index in [9.17, 15) is 19.4 Å². The van der Waals surface area contributed by atoms with E-state index in [0.717, 1.165) is 31.4 Å². The number of carbonyl (C=O) groups is 1. The molecule has 164 valence electrons. The van der Waals surface area contributed by atoms with Crippen molar-refractivity contribution < 1.29 is 24.1 Å². The second-order valence-corrected chi connectivity index (χ2v) is 7.60. The van der Waals surface area contributed by atoms with E-state index in [1.807, 2.05) is 11.0 Å². The van der Waals surface area contributed by atoms with Crippen LogP contribution in [0.5, 0.6) is 0 Å². The number of aldehydes is 1. The van der Waals surface area contributed by atoms with Crippen molar-refractivity contribution in [3.8, 4) is 0 Å². The number of hydrogen-bond donors (Lipinski definition) is 2. The summed E-state index contributed by atoms with van der Waals surface area (Å²) in [5, 5.41) is 19.8. The molecule has 2 N–H and O–H groups in total. The molecule has 30 heavy (non-hydrogen) atoms. The molecule has 1 aromatic carbocycles. The van der Waals surface area contributed by atoms with Crippen LogP contribution in [0.4, 0.5) is 4.39 Å². The number of nitrogens with zero attached hydrogens (tertiary/aromatic N) is 1. The third kappa shape index (κ3) is 6.99. The molecule has 1 aromatic rings. The van der Waals surface area contributed by atoms with E-state index in [2.05, 4.69) is 13.2 Å². The Labute approximate surface area is 178 Å². The molecule has 0 aliphatic carbocycles. The number of aliphatic hydroxyl groups excluding tert-OH is 2. The van der Waals surface area contributed by atoms with Gasteiger partial charge in [0.1, 0.15) is 12.1 Å². The Morgan fingerprint density at radius 1 is 1.20 bits per heavy atom. The Morgan fingerprint density at radius 3 is 2.53 bits per heavy atom. The molecule has 5 nitrogen and oxygen atoms in total. The standard InChI is InChI=1S/C24H32FNO4/c1-3-8-19(4-2)20-10-9-18(13-22(20)25)17-30-12-7-5-6-11-26-14-23(28)21(16-27)24(29)15-26/h3-4,8-10,13,16,21,23-24,28-29H,1-2,5-7,11-12,14-15,17H2/b19-8+/t21-,23+,24-. The summed E-state index contributed by atoms with van der Waals surface area (Å²) in [5.41, 5.74) is 1.95. The van der Waals surface area contributed by atoms with Gasteiger partial charge in [0.05, 0.1) is 24.7 Å². The lowest BCUT2D eigenvalue weighted by molar-refractivity contribution is -0.125. The predicted octanol–water partition coefficient (Wildman–Crippen LogP) is 3.12. The topological polar surface area (TPSA) is 70.0 Å². The first kappa shape index (κ1) is 24.2. The smallest absolute Gasteiger partial charge is 0.131 e. The van der Waals surface area contributed by atoms with Crippen molar-refractivity contribution in [1.82, 2.24) is 4.90 Å². The molecule has 0 unspecified atom stereocenters. The molecule has 0 bridgehead atoms. The van der Waals surface area contributed by atoms with Crippen molar-refractivity contribution in [2.24, 2.45) is 5.92 Å². The molecule has 0 amide bonds. The van der Waals surface area contributed by atoms with Crippen molar-refractivity contribution in [3.05, 3.63) is 66.5 Å². The highest BCUT2D eigenvalue weighted by Gasteiger charge is 2.34. The lowest BCUT2D eigenvalue weighted by atomic mass is 9.92. The molecule has 6 heteroatoms. The first-order valence-electron chi connectivity index (χ1n) is 10.4. The molecule has 1 saturated heterocycles. The number of halogens is 1. The molecule has 3 atom stereocenters. The fourth-order valence-electron chi connectivity index (χ4n) is 3.65. The summed E-state index contributed by atoms with van der Waals surface area (Å²) in [7, 11) is 0. The van der Waals surface area contributed by atoms with Crippen LogP contribution in [0.2, 0.25) is 0 Å². The van der Waals surface area contributed by atoms with Crippen molar-refractivity contribution in [3.63, 3.8) is 0 Å². The van der Waals surface area contributed by atoms with Gasteiger partial charge in [0.2, 0.25) is 0 Å². The van der Waals surface area contributed by atoms with Crippen LogP contribution < -0.4 is 0 Å². The summed E-state index contributed by atoms with van der Waals surface area (Å²) in [6.07, 6.45) is 6.67. The van der Waals surface area contributed by atoms with Gasteiger partial charge in [0, 0.05) is 25.3 Å². The zero-order valence-electron chi connectivity index (χ0n) is 17.4. The fourth-order valence-corrected chi connectivity index (χ4v) is 3.65. The average Bonchev–Trinajstić information content (AvgIpc) is 2.71. The van der Waals surface area contributed by atoms with Crippen molar-refractivity contribution >= 4 is 11.9 Å². The highest BCUT2D eigenvalue weighted by atomic mass is 19.1. The number of ether oxygens (including phenoxy) is 1. The van der Waals surface area contributed by atoms with Gasteiger partial charge in [-0.2, -0.15) is 0 Å². The molecule has 1 aliphatic rings. The second-order valence-electron chi connectivity index (χ2n) is 7.60. The quantitative estimate of drug-likeness (QED) is 0.311. The largest absolute Gasteiger partial charge is 0.391 e. The summed E-state index contributed by atoms with van der Waals surface area (Å²) >= 11 is 0. The van der Waals surface area contributed by atoms with Gasteiger partial charge in [-0.25, -0.2) is 4.39 Å². The minimum atomic E-state index is -0.809. The number of piperidine rings is 1. The van der Waals surface area contributed by atoms with E-state index in [4.69, 9.17) is 4.74 Å². The third-order valence-electron chi connectivity index (χ3n) is 5.33. The normalized spacial score (nSPS) is 22.6. The van der Waals surface area contributed by atoms with Crippen LogP contribution in [0.25, 0.3) is 5.57 Å². The fraction of sp³-hybridized carbons (Fsp3) is 0.458. The summed E-state index contributed by atoms with van der Waals surface area (Å²) in [5.74, 6) is -0.998. The maximum atomic E-state index is 14.3. The second kappa shape index (κ2) is 12.5. The number of hydrogen-bond acceptors (Lipinski definition) is 5. The zero-order chi connectivity index (χ0) is 21.9. The maximum absolute atomic E-state index is 14.3. The first-order chi connectivity index (χ1) is 14.5. The Kier molecular flexibility index (Phi) is 10.1. The SMILES string of the molecule is C=C/C=C(\C=C)c1ccc(COCCCCCN2C[C@@H](O)[C@H](C=O)[C@@H](O)C2)cc1F. The number of likely N-dealkylation sites (tertiary alicyclic amines) is 1. The van der Waals surface area contributed by atoms with Gasteiger partial charge in [-0.15, -0.1) is 0 Å². The molecule has 1 heterocycles. The van der Waals surface area contributed by atoms with E-state index in [0.29, 0.717) is 43.7 Å². The maximum Gasteiger partial charge on any atom is 0.131 e. The lowest BCUT2D eigenvalue weighted by Crippen LogP contribution is -2.52. The molecular weight excluding hydrogens is 385 g/mol. The number of rotatable bonds is 12. The minimum absolute atomic E-state index is 0.313. The number of unbranched alkanes of at least 4 members (excludes halogenated alkanes) is 2. The van der Waals surface area contributed by atoms with E-state index in [1.54, 1.807) is 24.3 Å². The van der Waals surface area contributed by atoms with Crippen LogP contribution in [0.1, 0.15) is 30.4 Å². The molecule has 0 saturated carbocycles. The van der Waals surface area contributed by atoms with Gasteiger partial charge in [-0.05, 0) is 43.0 Å². The third-order valence-corrected chi connectivity index (χ3v) is 5.33. The van der Waals surface area contributed by atoms with E-state index >= 15 is 0 Å². The van der Waals surface area contributed by atoms with Crippen LogP contribution in [-0.2, 0) is 16.1 Å². The summed E-state index contributed by atoms with van der Waals surface area (Å²) < 4.78 is 20.0.